The molecular weight excluding hydrogens is 218 g/mol. The van der Waals surface area contributed by atoms with Crippen LogP contribution in [-0.2, 0) is 11.3 Å². The molecule has 0 aromatic carbocycles. The Balaban J connectivity index is 2.78. The molecule has 92 valence electrons. The second-order valence-electron chi connectivity index (χ2n) is 4.80. The predicted octanol–water partition coefficient (Wildman–Crippen LogP) is 0.697. The fraction of sp³-hybridized carbons (Fsp3) is 0.417. The summed E-state index contributed by atoms with van der Waals surface area (Å²) in [7, 11) is 0. The van der Waals surface area contributed by atoms with Crippen molar-refractivity contribution in [3.8, 4) is 0 Å². The van der Waals surface area contributed by atoms with Gasteiger partial charge in [-0.25, -0.2) is 0 Å². The molecule has 1 heterocycles. The third-order valence-electron chi connectivity index (χ3n) is 1.99. The van der Waals surface area contributed by atoms with Crippen LogP contribution >= 0.6 is 0 Å². The van der Waals surface area contributed by atoms with Crippen LogP contribution in [0.2, 0.25) is 0 Å². The number of pyridine rings is 1. The number of nitrogens with zero attached hydrogens (tertiary/aromatic N) is 2. The zero-order chi connectivity index (χ0) is 12.9. The van der Waals surface area contributed by atoms with Gasteiger partial charge in [0.25, 0.3) is 5.91 Å². The van der Waals surface area contributed by atoms with Crippen LogP contribution in [0.4, 0.5) is 0 Å². The van der Waals surface area contributed by atoms with Gasteiger partial charge in [0, 0.05) is 17.7 Å². The summed E-state index contributed by atoms with van der Waals surface area (Å²) in [5.41, 5.74) is 0.413. The highest BCUT2D eigenvalue weighted by molar-refractivity contribution is 5.77. The molecule has 5 heteroatoms. The summed E-state index contributed by atoms with van der Waals surface area (Å²) in [6.45, 7) is 5.98. The maximum atomic E-state index is 11.7. The first-order valence-electron chi connectivity index (χ1n) is 5.39. The third-order valence-corrected chi connectivity index (χ3v) is 1.99. The highest BCUT2D eigenvalue weighted by atomic mass is 16.4. The highest BCUT2D eigenvalue weighted by Crippen LogP contribution is 1.97. The summed E-state index contributed by atoms with van der Waals surface area (Å²) in [5.74, 6) is -0.0821. The lowest BCUT2D eigenvalue weighted by Crippen LogP contribution is -2.50. The smallest absolute Gasteiger partial charge is 0.286 e. The van der Waals surface area contributed by atoms with Crippen molar-refractivity contribution >= 4 is 12.1 Å². The van der Waals surface area contributed by atoms with E-state index in [0.717, 1.165) is 0 Å². The molecular formula is C12H18N3O2+. The molecule has 0 unspecified atom stereocenters. The van der Waals surface area contributed by atoms with E-state index < -0.39 is 0 Å². The van der Waals surface area contributed by atoms with Gasteiger partial charge in [-0.3, -0.25) is 4.79 Å². The van der Waals surface area contributed by atoms with Gasteiger partial charge in [0.15, 0.2) is 6.20 Å². The monoisotopic (exact) mass is 236 g/mol. The van der Waals surface area contributed by atoms with E-state index in [0.29, 0.717) is 5.69 Å². The second-order valence-corrected chi connectivity index (χ2v) is 4.80. The Morgan fingerprint density at radius 2 is 2.24 bits per heavy atom. The highest BCUT2D eigenvalue weighted by Gasteiger charge is 2.18. The standard InChI is InChI=1S/C12H17N3O2/c1-12(2,3)14-11(16)9-15-7-5-4-6-10(15)8-13-17/h4-8H,9H2,1-3H3,(H,14,16)/p+1. The zero-order valence-electron chi connectivity index (χ0n) is 10.3. The fourth-order valence-corrected chi connectivity index (χ4v) is 1.42. The Bertz CT molecular complexity index is 422. The molecule has 1 aromatic rings. The van der Waals surface area contributed by atoms with Gasteiger partial charge >= 0.3 is 0 Å². The molecule has 2 N–H and O–H groups in total. The molecule has 1 aromatic heterocycles. The van der Waals surface area contributed by atoms with Crippen LogP contribution in [0.25, 0.3) is 0 Å². The summed E-state index contributed by atoms with van der Waals surface area (Å²) in [4.78, 5) is 11.7. The first kappa shape index (κ1) is 13.2. The number of rotatable bonds is 3. The van der Waals surface area contributed by atoms with Crippen LogP contribution in [0, 0.1) is 0 Å². The number of oxime groups is 1. The van der Waals surface area contributed by atoms with Crippen molar-refractivity contribution in [2.24, 2.45) is 5.16 Å². The van der Waals surface area contributed by atoms with Crippen LogP contribution in [0.15, 0.2) is 29.6 Å². The minimum absolute atomic E-state index is 0.0821. The van der Waals surface area contributed by atoms with E-state index in [1.807, 2.05) is 32.9 Å². The van der Waals surface area contributed by atoms with Crippen LogP contribution in [-0.4, -0.2) is 22.9 Å². The van der Waals surface area contributed by atoms with Crippen molar-refractivity contribution in [1.29, 1.82) is 0 Å². The Kier molecular flexibility index (Phi) is 4.20. The summed E-state index contributed by atoms with van der Waals surface area (Å²) < 4.78 is 1.71. The molecule has 0 aliphatic carbocycles. The Hall–Kier alpha value is -1.91. The first-order chi connectivity index (χ1) is 7.92. The number of amides is 1. The Morgan fingerprint density at radius 1 is 1.53 bits per heavy atom. The van der Waals surface area contributed by atoms with Crippen LogP contribution < -0.4 is 9.88 Å². The van der Waals surface area contributed by atoms with E-state index in [4.69, 9.17) is 5.21 Å². The summed E-state index contributed by atoms with van der Waals surface area (Å²) in [6, 6.07) is 5.40. The largest absolute Gasteiger partial charge is 0.411 e. The van der Waals surface area contributed by atoms with Gasteiger partial charge in [-0.2, -0.15) is 4.57 Å². The lowest BCUT2D eigenvalue weighted by Gasteiger charge is -2.19. The number of aromatic nitrogens is 1. The van der Waals surface area contributed by atoms with Crippen molar-refractivity contribution < 1.29 is 14.6 Å². The van der Waals surface area contributed by atoms with Gasteiger partial charge in [0.1, 0.15) is 6.21 Å². The fourth-order valence-electron chi connectivity index (χ4n) is 1.42. The van der Waals surface area contributed by atoms with E-state index in [-0.39, 0.29) is 18.0 Å². The minimum Gasteiger partial charge on any atom is -0.411 e. The topological polar surface area (TPSA) is 65.6 Å². The maximum Gasteiger partial charge on any atom is 0.286 e. The van der Waals surface area contributed by atoms with E-state index in [9.17, 15) is 4.79 Å². The summed E-state index contributed by atoms with van der Waals surface area (Å²) in [5, 5.41) is 14.4. The number of hydrogen-bond donors (Lipinski definition) is 2. The molecule has 0 saturated heterocycles. The molecule has 1 rings (SSSR count). The van der Waals surface area contributed by atoms with Crippen LogP contribution in [0.1, 0.15) is 26.5 Å². The van der Waals surface area contributed by atoms with E-state index in [1.165, 1.54) is 6.21 Å². The normalized spacial score (nSPS) is 11.7. The molecule has 0 atom stereocenters. The second kappa shape index (κ2) is 5.43. The van der Waals surface area contributed by atoms with Crippen molar-refractivity contribution in [2.45, 2.75) is 32.9 Å². The molecule has 0 fully saturated rings. The van der Waals surface area contributed by atoms with E-state index in [2.05, 4.69) is 10.5 Å². The first-order valence-corrected chi connectivity index (χ1v) is 5.39. The molecule has 0 radical (unpaired) electrons. The van der Waals surface area contributed by atoms with Crippen molar-refractivity contribution in [2.75, 3.05) is 0 Å². The van der Waals surface area contributed by atoms with E-state index >= 15 is 0 Å². The number of nitrogens with one attached hydrogen (secondary N) is 1. The molecule has 0 bridgehead atoms. The molecule has 0 aliphatic heterocycles. The van der Waals surface area contributed by atoms with Crippen molar-refractivity contribution in [3.05, 3.63) is 30.1 Å². The van der Waals surface area contributed by atoms with Gasteiger partial charge in [0.05, 0.1) is 0 Å². The van der Waals surface area contributed by atoms with Crippen LogP contribution in [0.3, 0.4) is 0 Å². The molecule has 5 nitrogen and oxygen atoms in total. The number of hydrogen-bond acceptors (Lipinski definition) is 3. The quantitative estimate of drug-likeness (QED) is 0.351. The average Bonchev–Trinajstić information content (AvgIpc) is 2.18. The SMILES string of the molecule is CC(C)(C)NC(=O)C[n+]1ccccc1/C=N/O. The Labute approximate surface area is 101 Å². The van der Waals surface area contributed by atoms with Gasteiger partial charge in [-0.05, 0) is 26.8 Å². The molecule has 17 heavy (non-hydrogen) atoms. The lowest BCUT2D eigenvalue weighted by molar-refractivity contribution is -0.685. The van der Waals surface area contributed by atoms with Crippen molar-refractivity contribution in [1.82, 2.24) is 5.32 Å². The van der Waals surface area contributed by atoms with Gasteiger partial charge < -0.3 is 10.5 Å². The predicted molar refractivity (Wildman–Crippen MR) is 63.9 cm³/mol. The van der Waals surface area contributed by atoms with E-state index in [1.54, 1.807) is 16.8 Å². The Morgan fingerprint density at radius 3 is 2.82 bits per heavy atom. The van der Waals surface area contributed by atoms with Crippen LogP contribution in [0.5, 0.6) is 0 Å². The minimum atomic E-state index is -0.252. The zero-order valence-corrected chi connectivity index (χ0v) is 10.3. The molecule has 0 saturated carbocycles. The summed E-state index contributed by atoms with van der Waals surface area (Å²) in [6.07, 6.45) is 3.06. The maximum absolute atomic E-state index is 11.7. The van der Waals surface area contributed by atoms with Crippen molar-refractivity contribution in [3.63, 3.8) is 0 Å². The molecule has 1 amide bonds. The average molecular weight is 236 g/mol. The van der Waals surface area contributed by atoms with Gasteiger partial charge in [-0.1, -0.05) is 5.16 Å². The number of carbonyl (C=O) groups excluding carboxylic acids is 1. The molecule has 0 spiro atoms. The lowest BCUT2D eigenvalue weighted by atomic mass is 10.1. The number of carbonyl (C=O) groups is 1. The third kappa shape index (κ3) is 4.63. The van der Waals surface area contributed by atoms with Gasteiger partial charge in [-0.15, -0.1) is 0 Å². The van der Waals surface area contributed by atoms with Gasteiger partial charge in [0.2, 0.25) is 12.2 Å². The summed E-state index contributed by atoms with van der Waals surface area (Å²) >= 11 is 0. The molecule has 0 aliphatic rings.